The SMILES string of the molecule is O=C(O)C(CCN1C(=O)c2ccccc2C1=O)S(=O)(=O)c1ccc(-c2nc3ccc(F)cc3[nH]2)cc1. The molecule has 182 valence electrons. The van der Waals surface area contributed by atoms with Crippen LogP contribution in [0.4, 0.5) is 4.39 Å². The summed E-state index contributed by atoms with van der Waals surface area (Å²) in [4.78, 5) is 44.9. The maximum atomic E-state index is 13.4. The summed E-state index contributed by atoms with van der Waals surface area (Å²) in [5.74, 6) is -2.81. The Bertz CT molecular complexity index is 1610. The van der Waals surface area contributed by atoms with Gasteiger partial charge in [-0.05, 0) is 61.0 Å². The third-order valence-electron chi connectivity index (χ3n) is 6.04. The monoisotopic (exact) mass is 507 g/mol. The van der Waals surface area contributed by atoms with Gasteiger partial charge in [0.2, 0.25) is 0 Å². The third-order valence-corrected chi connectivity index (χ3v) is 8.16. The van der Waals surface area contributed by atoms with Crippen LogP contribution in [0.25, 0.3) is 22.4 Å². The zero-order valence-corrected chi connectivity index (χ0v) is 19.3. The van der Waals surface area contributed by atoms with E-state index in [1.807, 2.05) is 0 Å². The van der Waals surface area contributed by atoms with Crippen molar-refractivity contribution in [2.75, 3.05) is 6.54 Å². The number of amides is 2. The van der Waals surface area contributed by atoms with Gasteiger partial charge < -0.3 is 10.1 Å². The summed E-state index contributed by atoms with van der Waals surface area (Å²) in [5.41, 5.74) is 1.91. The number of fused-ring (bicyclic) bond motifs is 2. The molecule has 1 aliphatic heterocycles. The van der Waals surface area contributed by atoms with Gasteiger partial charge in [-0.1, -0.05) is 12.1 Å². The van der Waals surface area contributed by atoms with Crippen LogP contribution in [0.3, 0.4) is 0 Å². The number of carbonyl (C=O) groups excluding carboxylic acids is 2. The van der Waals surface area contributed by atoms with Crippen molar-refractivity contribution in [3.63, 3.8) is 0 Å². The van der Waals surface area contributed by atoms with Crippen molar-refractivity contribution in [2.24, 2.45) is 0 Å². The molecule has 1 aliphatic rings. The molecule has 2 N–H and O–H groups in total. The smallest absolute Gasteiger partial charge is 0.322 e. The van der Waals surface area contributed by atoms with Gasteiger partial charge >= 0.3 is 5.97 Å². The Kier molecular flexibility index (Phi) is 5.64. The molecule has 36 heavy (non-hydrogen) atoms. The lowest BCUT2D eigenvalue weighted by Crippen LogP contribution is -2.37. The Labute approximate surface area is 204 Å². The summed E-state index contributed by atoms with van der Waals surface area (Å²) < 4.78 is 39.7. The van der Waals surface area contributed by atoms with Crippen molar-refractivity contribution < 1.29 is 32.3 Å². The molecule has 0 radical (unpaired) electrons. The molecule has 0 saturated heterocycles. The molecule has 11 heteroatoms. The molecule has 0 saturated carbocycles. The number of halogens is 1. The van der Waals surface area contributed by atoms with E-state index in [0.717, 1.165) is 4.90 Å². The number of aromatic amines is 1. The van der Waals surface area contributed by atoms with Crippen LogP contribution in [0.2, 0.25) is 0 Å². The molecule has 0 bridgehead atoms. The number of nitrogens with one attached hydrogen (secondary N) is 1. The largest absolute Gasteiger partial charge is 0.480 e. The van der Waals surface area contributed by atoms with E-state index in [-0.39, 0.29) is 22.6 Å². The van der Waals surface area contributed by atoms with Crippen molar-refractivity contribution >= 4 is 38.7 Å². The topological polar surface area (TPSA) is 138 Å². The van der Waals surface area contributed by atoms with Gasteiger partial charge in [0.1, 0.15) is 11.6 Å². The lowest BCUT2D eigenvalue weighted by molar-refractivity contribution is -0.136. The standard InChI is InChI=1S/C25H18FN3O6S/c26-15-7-10-19-20(13-15)28-22(27-19)14-5-8-16(9-6-14)36(34,35)21(25(32)33)11-12-29-23(30)17-3-1-2-4-18(17)24(29)31/h1-10,13,21H,11-12H2,(H,27,28)(H,32,33). The van der Waals surface area contributed by atoms with E-state index in [4.69, 9.17) is 0 Å². The van der Waals surface area contributed by atoms with E-state index in [2.05, 4.69) is 9.97 Å². The molecule has 0 fully saturated rings. The van der Waals surface area contributed by atoms with Crippen molar-refractivity contribution in [3.8, 4) is 11.4 Å². The van der Waals surface area contributed by atoms with E-state index < -0.39 is 45.1 Å². The number of sulfone groups is 1. The first kappa shape index (κ1) is 23.4. The maximum Gasteiger partial charge on any atom is 0.322 e. The van der Waals surface area contributed by atoms with Crippen LogP contribution < -0.4 is 0 Å². The molecular weight excluding hydrogens is 489 g/mol. The van der Waals surface area contributed by atoms with Gasteiger partial charge in [-0.25, -0.2) is 17.8 Å². The Hall–Kier alpha value is -4.38. The van der Waals surface area contributed by atoms with Crippen LogP contribution in [0, 0.1) is 5.82 Å². The highest BCUT2D eigenvalue weighted by atomic mass is 32.2. The van der Waals surface area contributed by atoms with Gasteiger partial charge in [0, 0.05) is 12.1 Å². The molecule has 2 heterocycles. The third kappa shape index (κ3) is 3.93. The Morgan fingerprint density at radius 3 is 2.25 bits per heavy atom. The number of hydrogen-bond acceptors (Lipinski definition) is 6. The highest BCUT2D eigenvalue weighted by molar-refractivity contribution is 7.92. The van der Waals surface area contributed by atoms with Crippen LogP contribution in [-0.4, -0.2) is 58.0 Å². The van der Waals surface area contributed by atoms with Crippen molar-refractivity contribution in [1.82, 2.24) is 14.9 Å². The molecule has 3 aromatic carbocycles. The number of aromatic nitrogens is 2. The highest BCUT2D eigenvalue weighted by Crippen LogP contribution is 2.27. The Morgan fingerprint density at radius 2 is 1.64 bits per heavy atom. The first-order chi connectivity index (χ1) is 17.2. The second kappa shape index (κ2) is 8.68. The molecule has 1 atom stereocenters. The van der Waals surface area contributed by atoms with Crippen LogP contribution >= 0.6 is 0 Å². The van der Waals surface area contributed by atoms with Crippen molar-refractivity contribution in [1.29, 1.82) is 0 Å². The minimum absolute atomic E-state index is 0.196. The number of rotatable bonds is 7. The Morgan fingerprint density at radius 1 is 1.00 bits per heavy atom. The van der Waals surface area contributed by atoms with E-state index in [0.29, 0.717) is 22.4 Å². The van der Waals surface area contributed by atoms with Gasteiger partial charge in [0.05, 0.1) is 27.1 Å². The van der Waals surface area contributed by atoms with Gasteiger partial charge in [-0.2, -0.15) is 0 Å². The number of carboxylic acids is 1. The summed E-state index contributed by atoms with van der Waals surface area (Å²) in [5, 5.41) is 7.80. The number of nitrogens with zero attached hydrogens (tertiary/aromatic N) is 2. The Balaban J connectivity index is 1.36. The molecule has 9 nitrogen and oxygen atoms in total. The summed E-state index contributed by atoms with van der Waals surface area (Å²) in [6.45, 7) is -0.365. The summed E-state index contributed by atoms with van der Waals surface area (Å²) in [6, 6.07) is 15.7. The molecule has 0 aliphatic carbocycles. The van der Waals surface area contributed by atoms with E-state index in [9.17, 15) is 32.3 Å². The average Bonchev–Trinajstić information content (AvgIpc) is 3.38. The summed E-state index contributed by atoms with van der Waals surface area (Å²) in [6.07, 6.45) is -0.472. The highest BCUT2D eigenvalue weighted by Gasteiger charge is 2.39. The fourth-order valence-corrected chi connectivity index (χ4v) is 5.71. The lowest BCUT2D eigenvalue weighted by atomic mass is 10.1. The number of H-pyrrole nitrogens is 1. The van der Waals surface area contributed by atoms with E-state index in [1.54, 1.807) is 12.1 Å². The lowest BCUT2D eigenvalue weighted by Gasteiger charge is -2.18. The fraction of sp³-hybridized carbons (Fsp3) is 0.120. The number of benzene rings is 3. The van der Waals surface area contributed by atoms with Crippen LogP contribution in [0.15, 0.2) is 71.6 Å². The molecule has 1 unspecified atom stereocenters. The second-order valence-corrected chi connectivity index (χ2v) is 10.4. The van der Waals surface area contributed by atoms with Gasteiger partial charge in [-0.3, -0.25) is 19.3 Å². The minimum atomic E-state index is -4.35. The van der Waals surface area contributed by atoms with Crippen LogP contribution in [0.1, 0.15) is 27.1 Å². The maximum absolute atomic E-state index is 13.4. The first-order valence-corrected chi connectivity index (χ1v) is 12.4. The average molecular weight is 507 g/mol. The van der Waals surface area contributed by atoms with Crippen molar-refractivity contribution in [3.05, 3.63) is 83.7 Å². The number of imidazole rings is 1. The zero-order valence-electron chi connectivity index (χ0n) is 18.5. The number of imide groups is 1. The molecule has 0 spiro atoms. The molecule has 5 rings (SSSR count). The quantitative estimate of drug-likeness (QED) is 0.366. The second-order valence-electron chi connectivity index (χ2n) is 8.24. The molecule has 1 aromatic heterocycles. The molecular formula is C25H18FN3O6S. The minimum Gasteiger partial charge on any atom is -0.480 e. The normalized spacial score (nSPS) is 14.3. The number of aliphatic carboxylic acids is 1. The fourth-order valence-electron chi connectivity index (χ4n) is 4.19. The first-order valence-electron chi connectivity index (χ1n) is 10.8. The van der Waals surface area contributed by atoms with Crippen LogP contribution in [0.5, 0.6) is 0 Å². The number of carboxylic acid groups (broad SMARTS) is 1. The zero-order chi connectivity index (χ0) is 25.6. The van der Waals surface area contributed by atoms with Gasteiger partial charge in [0.15, 0.2) is 15.1 Å². The predicted molar refractivity (Wildman–Crippen MR) is 127 cm³/mol. The predicted octanol–water partition coefficient (Wildman–Crippen LogP) is 3.28. The molecule has 2 amide bonds. The number of carbonyl (C=O) groups is 3. The molecule has 4 aromatic rings. The van der Waals surface area contributed by atoms with Crippen molar-refractivity contribution in [2.45, 2.75) is 16.6 Å². The van der Waals surface area contributed by atoms with E-state index >= 15 is 0 Å². The van der Waals surface area contributed by atoms with Gasteiger partial charge in [-0.15, -0.1) is 0 Å². The summed E-state index contributed by atoms with van der Waals surface area (Å²) in [7, 11) is -4.35. The van der Waals surface area contributed by atoms with Gasteiger partial charge in [0.25, 0.3) is 11.8 Å². The summed E-state index contributed by atoms with van der Waals surface area (Å²) >= 11 is 0. The van der Waals surface area contributed by atoms with E-state index in [1.165, 1.54) is 54.6 Å². The van der Waals surface area contributed by atoms with Crippen LogP contribution in [-0.2, 0) is 14.6 Å². The number of hydrogen-bond donors (Lipinski definition) is 2.